The summed E-state index contributed by atoms with van der Waals surface area (Å²) in [5, 5.41) is 14.9. The van der Waals surface area contributed by atoms with Gasteiger partial charge in [0.15, 0.2) is 5.78 Å². The summed E-state index contributed by atoms with van der Waals surface area (Å²) in [6.07, 6.45) is 0. The third-order valence-electron chi connectivity index (χ3n) is 4.94. The van der Waals surface area contributed by atoms with Crippen LogP contribution in [0.5, 0.6) is 5.75 Å². The van der Waals surface area contributed by atoms with Gasteiger partial charge >= 0.3 is 18.9 Å². The quantitative estimate of drug-likeness (QED) is 0.219. The van der Waals surface area contributed by atoms with E-state index in [-0.39, 0.29) is 36.0 Å². The van der Waals surface area contributed by atoms with Crippen LogP contribution in [0.15, 0.2) is 120 Å². The first-order chi connectivity index (χ1) is 15.2. The maximum Gasteiger partial charge on any atom is 1.00 e. The van der Waals surface area contributed by atoms with Crippen LogP contribution >= 0.6 is 0 Å². The normalized spacial score (nSPS) is 11.8. The summed E-state index contributed by atoms with van der Waals surface area (Å²) < 4.78 is 0. The van der Waals surface area contributed by atoms with Crippen molar-refractivity contribution in [3.63, 3.8) is 0 Å². The third kappa shape index (κ3) is 5.36. The zero-order valence-electron chi connectivity index (χ0n) is 17.8. The molecule has 0 amide bonds. The van der Waals surface area contributed by atoms with Gasteiger partial charge in [0.05, 0.1) is 11.5 Å². The molecule has 4 aromatic carbocycles. The molecule has 0 aliphatic carbocycles. The summed E-state index contributed by atoms with van der Waals surface area (Å²) in [7, 11) is 0. The molecule has 0 aliphatic heterocycles. The van der Waals surface area contributed by atoms with Crippen molar-refractivity contribution in [2.24, 2.45) is 5.10 Å². The molecule has 0 saturated carbocycles. The zero-order chi connectivity index (χ0) is 21.5. The number of hydrogen-bond donors (Lipinski definition) is 1. The Kier molecular flexibility index (Phi) is 8.05. The molecule has 0 saturated heterocycles. The molecule has 4 nitrogen and oxygen atoms in total. The number of benzene rings is 4. The summed E-state index contributed by atoms with van der Waals surface area (Å²) in [5.41, 5.74) is 7.43. The first-order valence-electron chi connectivity index (χ1n) is 10.0. The molecule has 1 N–H and O–H groups in total. The van der Waals surface area contributed by atoms with Gasteiger partial charge in [-0.15, -0.1) is 5.69 Å². The van der Waals surface area contributed by atoms with Crippen LogP contribution in [0.4, 0.5) is 5.69 Å². The van der Waals surface area contributed by atoms with Crippen LogP contribution in [0, 0.1) is 0 Å². The number of phenols is 1. The molecule has 4 aromatic rings. The summed E-state index contributed by atoms with van der Waals surface area (Å²) in [6.45, 7) is 0. The van der Waals surface area contributed by atoms with Crippen LogP contribution < -0.4 is 18.9 Å². The fraction of sp³-hybridized carbons (Fsp3) is 0.0370. The van der Waals surface area contributed by atoms with E-state index in [1.54, 1.807) is 18.2 Å². The van der Waals surface area contributed by atoms with E-state index in [4.69, 9.17) is 0 Å². The Labute approximate surface area is 199 Å². The Morgan fingerprint density at radius 2 is 1.25 bits per heavy atom. The standard InChI is InChI=1S/C27H21N2O2.Li/c30-24-19-11-10-18-23(24)27(31)25(20-12-4-1-5-13-20)26(21-14-6-2-7-15-21)29-28-22-16-8-3-9-17-22;/h1-19,25H,(H,30,31);/q-1;+1/b29-26-;. The van der Waals surface area contributed by atoms with E-state index in [0.29, 0.717) is 11.4 Å². The predicted molar refractivity (Wildman–Crippen MR) is 124 cm³/mol. The maximum atomic E-state index is 13.7. The summed E-state index contributed by atoms with van der Waals surface area (Å²) in [5.74, 6) is -1.03. The summed E-state index contributed by atoms with van der Waals surface area (Å²) in [6, 6.07) is 35.0. The molecule has 152 valence electrons. The number of nitrogens with zero attached hydrogens (tertiary/aromatic N) is 2. The first-order valence-corrected chi connectivity index (χ1v) is 10.0. The molecule has 1 unspecified atom stereocenters. The largest absolute Gasteiger partial charge is 1.00 e. The van der Waals surface area contributed by atoms with Gasteiger partial charge < -0.3 is 15.6 Å². The van der Waals surface area contributed by atoms with Gasteiger partial charge in [-0.2, -0.15) is 0 Å². The molecule has 1 atom stereocenters. The number of Topliss-reactive ketones (excluding diaryl/α,β-unsaturated/α-hetero) is 1. The van der Waals surface area contributed by atoms with Gasteiger partial charge in [0, 0.05) is 5.71 Å². The number of para-hydroxylation sites is 1. The van der Waals surface area contributed by atoms with Crippen LogP contribution in [0.2, 0.25) is 0 Å². The fourth-order valence-electron chi connectivity index (χ4n) is 3.41. The topological polar surface area (TPSA) is 63.8 Å². The van der Waals surface area contributed by atoms with Gasteiger partial charge in [-0.25, -0.2) is 0 Å². The van der Waals surface area contributed by atoms with Crippen LogP contribution in [-0.2, 0) is 0 Å². The molecular formula is C27H21LiN2O2. The summed E-state index contributed by atoms with van der Waals surface area (Å²) >= 11 is 0. The van der Waals surface area contributed by atoms with Gasteiger partial charge in [0.25, 0.3) is 0 Å². The van der Waals surface area contributed by atoms with Gasteiger partial charge in [-0.05, 0) is 23.3 Å². The smallest absolute Gasteiger partial charge is 0.575 e. The van der Waals surface area contributed by atoms with Crippen molar-refractivity contribution >= 4 is 17.2 Å². The summed E-state index contributed by atoms with van der Waals surface area (Å²) in [4.78, 5) is 13.7. The second kappa shape index (κ2) is 11.2. The molecule has 0 aromatic heterocycles. The Morgan fingerprint density at radius 3 is 1.88 bits per heavy atom. The van der Waals surface area contributed by atoms with Crippen molar-refractivity contribution in [1.29, 1.82) is 0 Å². The minimum absolute atomic E-state index is 0. The van der Waals surface area contributed by atoms with Crippen LogP contribution in [0.3, 0.4) is 0 Å². The molecule has 0 spiro atoms. The number of carbonyl (C=O) groups excluding carboxylic acids is 1. The van der Waals surface area contributed by atoms with Crippen molar-refractivity contribution in [2.45, 2.75) is 5.92 Å². The van der Waals surface area contributed by atoms with Crippen LogP contribution in [0.1, 0.15) is 27.4 Å². The molecular weight excluding hydrogens is 391 g/mol. The number of aromatic hydroxyl groups is 1. The molecule has 0 bridgehead atoms. The first kappa shape index (κ1) is 23.1. The van der Waals surface area contributed by atoms with Gasteiger partial charge in [-0.1, -0.05) is 103 Å². The minimum Gasteiger partial charge on any atom is -0.575 e. The molecule has 4 rings (SSSR count). The van der Waals surface area contributed by atoms with Crippen molar-refractivity contribution in [3.8, 4) is 5.75 Å². The van der Waals surface area contributed by atoms with Gasteiger partial charge in [0.1, 0.15) is 5.75 Å². The average molecular weight is 412 g/mol. The molecule has 0 heterocycles. The third-order valence-corrected chi connectivity index (χ3v) is 4.94. The van der Waals surface area contributed by atoms with E-state index in [0.717, 1.165) is 11.1 Å². The van der Waals surface area contributed by atoms with E-state index >= 15 is 0 Å². The van der Waals surface area contributed by atoms with Crippen molar-refractivity contribution in [1.82, 2.24) is 0 Å². The molecule has 0 radical (unpaired) electrons. The number of phenolic OH excluding ortho intramolecular Hbond substituents is 1. The van der Waals surface area contributed by atoms with E-state index < -0.39 is 5.92 Å². The maximum absolute atomic E-state index is 13.7. The number of ketones is 1. The van der Waals surface area contributed by atoms with Crippen LogP contribution in [0.25, 0.3) is 5.43 Å². The molecule has 0 aliphatic rings. The Balaban J connectivity index is 0.00000289. The number of hydrogen-bond acceptors (Lipinski definition) is 3. The average Bonchev–Trinajstić information content (AvgIpc) is 2.83. The van der Waals surface area contributed by atoms with E-state index in [1.807, 2.05) is 91.0 Å². The Bertz CT molecular complexity index is 1180. The fourth-order valence-corrected chi connectivity index (χ4v) is 3.41. The van der Waals surface area contributed by atoms with E-state index in [2.05, 4.69) is 10.5 Å². The van der Waals surface area contributed by atoms with Gasteiger partial charge in [0.2, 0.25) is 0 Å². The monoisotopic (exact) mass is 412 g/mol. The zero-order valence-corrected chi connectivity index (χ0v) is 17.8. The van der Waals surface area contributed by atoms with Crippen LogP contribution in [-0.4, -0.2) is 16.6 Å². The predicted octanol–water partition coefficient (Wildman–Crippen LogP) is 3.47. The van der Waals surface area contributed by atoms with Gasteiger partial charge in [-0.3, -0.25) is 4.79 Å². The molecule has 32 heavy (non-hydrogen) atoms. The second-order valence-electron chi connectivity index (χ2n) is 7.01. The van der Waals surface area contributed by atoms with E-state index in [1.165, 1.54) is 6.07 Å². The molecule has 0 fully saturated rings. The van der Waals surface area contributed by atoms with Crippen molar-refractivity contribution < 1.29 is 28.8 Å². The van der Waals surface area contributed by atoms with Crippen molar-refractivity contribution in [3.05, 3.63) is 137 Å². The van der Waals surface area contributed by atoms with Crippen molar-refractivity contribution in [2.75, 3.05) is 0 Å². The SMILES string of the molecule is O=C(c1ccccc1O)C(/C(=N\[N-]c1ccccc1)c1ccccc1)c1ccccc1.[Li+]. The minimum atomic E-state index is -0.732. The number of carbonyl (C=O) groups is 1. The molecule has 5 heteroatoms. The van der Waals surface area contributed by atoms with E-state index in [9.17, 15) is 9.90 Å². The second-order valence-corrected chi connectivity index (χ2v) is 7.01. The number of rotatable bonds is 7. The Morgan fingerprint density at radius 1 is 0.719 bits per heavy atom. The Hall–Kier alpha value is -3.58.